The van der Waals surface area contributed by atoms with Gasteiger partial charge in [0.1, 0.15) is 9.84 Å². The lowest BCUT2D eigenvalue weighted by Crippen LogP contribution is -2.22. The Labute approximate surface area is 113 Å². The molecule has 1 aromatic rings. The first-order valence-corrected chi connectivity index (χ1v) is 8.59. The summed E-state index contributed by atoms with van der Waals surface area (Å²) in [7, 11) is -2.84. The van der Waals surface area contributed by atoms with Crippen LogP contribution in [0.15, 0.2) is 18.2 Å². The largest absolute Gasteiger partial charge is 0.310 e. The highest BCUT2D eigenvalue weighted by molar-refractivity contribution is 7.90. The SMILES string of the molecule is CS(=O)(=O)CCCNC1CCc2cc(Cl)ccc21. The van der Waals surface area contributed by atoms with Gasteiger partial charge in [-0.2, -0.15) is 0 Å². The van der Waals surface area contributed by atoms with E-state index in [1.807, 2.05) is 12.1 Å². The Morgan fingerprint density at radius 2 is 2.22 bits per heavy atom. The molecule has 1 aromatic carbocycles. The topological polar surface area (TPSA) is 46.2 Å². The summed E-state index contributed by atoms with van der Waals surface area (Å²) in [5.41, 5.74) is 2.61. The fraction of sp³-hybridized carbons (Fsp3) is 0.538. The maximum absolute atomic E-state index is 11.0. The van der Waals surface area contributed by atoms with Gasteiger partial charge in [0.2, 0.25) is 0 Å². The lowest BCUT2D eigenvalue weighted by Gasteiger charge is -2.13. The van der Waals surface area contributed by atoms with E-state index >= 15 is 0 Å². The van der Waals surface area contributed by atoms with E-state index in [9.17, 15) is 8.42 Å². The Balaban J connectivity index is 1.87. The number of fused-ring (bicyclic) bond motifs is 1. The minimum absolute atomic E-state index is 0.250. The minimum atomic E-state index is -2.84. The van der Waals surface area contributed by atoms with Crippen LogP contribution in [0.4, 0.5) is 0 Å². The van der Waals surface area contributed by atoms with Gasteiger partial charge in [0.25, 0.3) is 0 Å². The lowest BCUT2D eigenvalue weighted by molar-refractivity contribution is 0.526. The Bertz CT molecular complexity index is 528. The van der Waals surface area contributed by atoms with Gasteiger partial charge in [0, 0.05) is 17.3 Å². The number of sulfone groups is 1. The van der Waals surface area contributed by atoms with Gasteiger partial charge in [-0.1, -0.05) is 17.7 Å². The summed E-state index contributed by atoms with van der Waals surface area (Å²) >= 11 is 5.96. The molecule has 1 aliphatic carbocycles. The molecule has 0 bridgehead atoms. The van der Waals surface area contributed by atoms with E-state index in [0.29, 0.717) is 12.5 Å². The first-order valence-electron chi connectivity index (χ1n) is 6.15. The van der Waals surface area contributed by atoms with Crippen LogP contribution < -0.4 is 5.32 Å². The van der Waals surface area contributed by atoms with Crippen molar-refractivity contribution >= 4 is 21.4 Å². The van der Waals surface area contributed by atoms with Crippen LogP contribution in [-0.2, 0) is 16.3 Å². The maximum atomic E-state index is 11.0. The van der Waals surface area contributed by atoms with Crippen LogP contribution in [0.3, 0.4) is 0 Å². The number of rotatable bonds is 5. The van der Waals surface area contributed by atoms with Crippen molar-refractivity contribution in [3.05, 3.63) is 34.3 Å². The van der Waals surface area contributed by atoms with Crippen LogP contribution in [0.2, 0.25) is 5.02 Å². The molecule has 0 aromatic heterocycles. The molecule has 1 N–H and O–H groups in total. The molecular formula is C13H18ClNO2S. The molecule has 0 aliphatic heterocycles. The van der Waals surface area contributed by atoms with Gasteiger partial charge < -0.3 is 5.32 Å². The molecule has 1 unspecified atom stereocenters. The normalized spacial score (nSPS) is 18.9. The quantitative estimate of drug-likeness (QED) is 0.846. The molecule has 5 heteroatoms. The second kappa shape index (κ2) is 5.59. The third kappa shape index (κ3) is 3.70. The summed E-state index contributed by atoms with van der Waals surface area (Å²) in [6.45, 7) is 0.736. The molecule has 3 nitrogen and oxygen atoms in total. The number of aryl methyl sites for hydroxylation is 1. The second-order valence-electron chi connectivity index (χ2n) is 4.87. The van der Waals surface area contributed by atoms with Crippen molar-refractivity contribution in [3.63, 3.8) is 0 Å². The summed E-state index contributed by atoms with van der Waals surface area (Å²) < 4.78 is 22.0. The summed E-state index contributed by atoms with van der Waals surface area (Å²) in [6.07, 6.45) is 4.05. The predicted octanol–water partition coefficient (Wildman–Crippen LogP) is 2.35. The summed E-state index contributed by atoms with van der Waals surface area (Å²) in [4.78, 5) is 0. The molecular weight excluding hydrogens is 270 g/mol. The molecule has 2 rings (SSSR count). The van der Waals surface area contributed by atoms with E-state index in [2.05, 4.69) is 11.4 Å². The lowest BCUT2D eigenvalue weighted by atomic mass is 10.1. The van der Waals surface area contributed by atoms with Crippen LogP contribution in [-0.4, -0.2) is 27.0 Å². The van der Waals surface area contributed by atoms with Crippen molar-refractivity contribution in [2.45, 2.75) is 25.3 Å². The van der Waals surface area contributed by atoms with Gasteiger partial charge in [0.05, 0.1) is 5.75 Å². The van der Waals surface area contributed by atoms with Crippen molar-refractivity contribution in [2.75, 3.05) is 18.6 Å². The van der Waals surface area contributed by atoms with E-state index in [1.54, 1.807) is 0 Å². The van der Waals surface area contributed by atoms with Crippen molar-refractivity contribution < 1.29 is 8.42 Å². The standard InChI is InChI=1S/C13H18ClNO2S/c1-18(16,17)8-2-7-15-13-6-3-10-9-11(14)4-5-12(10)13/h4-5,9,13,15H,2-3,6-8H2,1H3. The van der Waals surface area contributed by atoms with Gasteiger partial charge in [0.15, 0.2) is 0 Å². The van der Waals surface area contributed by atoms with Crippen molar-refractivity contribution in [1.82, 2.24) is 5.32 Å². The summed E-state index contributed by atoms with van der Waals surface area (Å²) in [5, 5.41) is 4.21. The van der Waals surface area contributed by atoms with Crippen LogP contribution in [0.25, 0.3) is 0 Å². The number of hydrogen-bond donors (Lipinski definition) is 1. The minimum Gasteiger partial charge on any atom is -0.310 e. The molecule has 0 spiro atoms. The highest BCUT2D eigenvalue weighted by atomic mass is 35.5. The number of halogens is 1. The maximum Gasteiger partial charge on any atom is 0.147 e. The van der Waals surface area contributed by atoms with Crippen molar-refractivity contribution in [1.29, 1.82) is 0 Å². The van der Waals surface area contributed by atoms with E-state index < -0.39 is 9.84 Å². The van der Waals surface area contributed by atoms with Gasteiger partial charge in [-0.15, -0.1) is 0 Å². The molecule has 0 radical (unpaired) electrons. The van der Waals surface area contributed by atoms with Crippen molar-refractivity contribution in [2.24, 2.45) is 0 Å². The Morgan fingerprint density at radius 1 is 1.44 bits per heavy atom. The summed E-state index contributed by atoms with van der Waals surface area (Å²) in [6, 6.07) is 6.35. The van der Waals surface area contributed by atoms with Crippen molar-refractivity contribution in [3.8, 4) is 0 Å². The van der Waals surface area contributed by atoms with Crippen LogP contribution in [0, 0.1) is 0 Å². The first kappa shape index (κ1) is 13.8. The molecule has 0 amide bonds. The predicted molar refractivity (Wildman–Crippen MR) is 74.8 cm³/mol. The highest BCUT2D eigenvalue weighted by Crippen LogP contribution is 2.32. The fourth-order valence-corrected chi connectivity index (χ4v) is 3.27. The van der Waals surface area contributed by atoms with E-state index in [-0.39, 0.29) is 5.75 Å². The smallest absolute Gasteiger partial charge is 0.147 e. The Kier molecular flexibility index (Phi) is 4.30. The van der Waals surface area contributed by atoms with Gasteiger partial charge >= 0.3 is 0 Å². The average Bonchev–Trinajstić information content (AvgIpc) is 2.65. The zero-order valence-corrected chi connectivity index (χ0v) is 12.0. The highest BCUT2D eigenvalue weighted by Gasteiger charge is 2.21. The number of benzene rings is 1. The molecule has 0 fully saturated rings. The average molecular weight is 288 g/mol. The fourth-order valence-electron chi connectivity index (χ4n) is 2.41. The molecule has 1 atom stereocenters. The third-order valence-corrected chi connectivity index (χ3v) is 4.53. The third-order valence-electron chi connectivity index (χ3n) is 3.27. The van der Waals surface area contributed by atoms with Crippen LogP contribution in [0.5, 0.6) is 0 Å². The first-order chi connectivity index (χ1) is 8.46. The molecule has 1 aliphatic rings. The number of hydrogen-bond acceptors (Lipinski definition) is 3. The van der Waals surface area contributed by atoms with E-state index in [0.717, 1.165) is 24.4 Å². The molecule has 0 saturated carbocycles. The molecule has 100 valence electrons. The zero-order chi connectivity index (χ0) is 13.2. The zero-order valence-electron chi connectivity index (χ0n) is 10.4. The van der Waals surface area contributed by atoms with Gasteiger partial charge in [-0.25, -0.2) is 8.42 Å². The van der Waals surface area contributed by atoms with Gasteiger partial charge in [-0.05, 0) is 49.1 Å². The Hall–Kier alpha value is -0.580. The van der Waals surface area contributed by atoms with Crippen LogP contribution in [0.1, 0.15) is 30.0 Å². The second-order valence-corrected chi connectivity index (χ2v) is 7.57. The van der Waals surface area contributed by atoms with E-state index in [4.69, 9.17) is 11.6 Å². The Morgan fingerprint density at radius 3 is 2.94 bits per heavy atom. The summed E-state index contributed by atoms with van der Waals surface area (Å²) in [5.74, 6) is 0.250. The molecule has 0 saturated heterocycles. The monoisotopic (exact) mass is 287 g/mol. The van der Waals surface area contributed by atoms with Gasteiger partial charge in [-0.3, -0.25) is 0 Å². The van der Waals surface area contributed by atoms with E-state index in [1.165, 1.54) is 17.4 Å². The molecule has 0 heterocycles. The number of nitrogens with one attached hydrogen (secondary N) is 1. The van der Waals surface area contributed by atoms with Crippen LogP contribution >= 0.6 is 11.6 Å². The molecule has 18 heavy (non-hydrogen) atoms.